The zero-order chi connectivity index (χ0) is 15.6. The first-order valence-electron chi connectivity index (χ1n) is 6.96. The largest absolute Gasteiger partial charge is 0.323 e. The minimum atomic E-state index is 0.488. The molecule has 3 heterocycles. The molecule has 1 aromatic carbocycles. The minimum absolute atomic E-state index is 0.488. The number of rotatable bonds is 3. The Bertz CT molecular complexity index is 1020. The van der Waals surface area contributed by atoms with Crippen molar-refractivity contribution >= 4 is 28.4 Å². The molecule has 0 radical (unpaired) electrons. The lowest BCUT2D eigenvalue weighted by Gasteiger charge is -2.04. The van der Waals surface area contributed by atoms with E-state index in [1.807, 2.05) is 24.3 Å². The van der Waals surface area contributed by atoms with E-state index in [2.05, 4.69) is 36.4 Å². The topological polar surface area (TPSA) is 108 Å². The normalized spacial score (nSPS) is 11.7. The monoisotopic (exact) mass is 304 g/mol. The highest BCUT2D eigenvalue weighted by Gasteiger charge is 2.09. The van der Waals surface area contributed by atoms with Crippen LogP contribution in [-0.4, -0.2) is 36.2 Å². The third-order valence-electron chi connectivity index (χ3n) is 3.45. The van der Waals surface area contributed by atoms with E-state index in [4.69, 9.17) is 5.84 Å². The van der Waals surface area contributed by atoms with Crippen LogP contribution < -0.4 is 5.84 Å². The fraction of sp³-hybridized carbons (Fsp3) is 0.0667. The molecule has 0 saturated heterocycles. The van der Waals surface area contributed by atoms with Crippen LogP contribution in [-0.2, 0) is 6.54 Å². The maximum Gasteiger partial charge on any atom is 0.221 e. The molecule has 0 amide bonds. The molecule has 0 atom stereocenters. The van der Waals surface area contributed by atoms with Gasteiger partial charge in [0.25, 0.3) is 0 Å². The van der Waals surface area contributed by atoms with Crippen LogP contribution in [0.15, 0.2) is 47.8 Å². The van der Waals surface area contributed by atoms with Gasteiger partial charge in [-0.15, -0.1) is 5.10 Å². The summed E-state index contributed by atoms with van der Waals surface area (Å²) in [7, 11) is 0. The van der Waals surface area contributed by atoms with Crippen LogP contribution in [0.2, 0.25) is 0 Å². The van der Waals surface area contributed by atoms with E-state index < -0.39 is 0 Å². The van der Waals surface area contributed by atoms with Gasteiger partial charge in [-0.2, -0.15) is 5.10 Å². The van der Waals surface area contributed by atoms with Crippen molar-refractivity contribution in [3.8, 4) is 0 Å². The van der Waals surface area contributed by atoms with Gasteiger partial charge in [0.05, 0.1) is 24.5 Å². The highest BCUT2D eigenvalue weighted by Crippen LogP contribution is 2.15. The molecule has 0 fully saturated rings. The number of nitrogens with zero attached hydrogens (tertiary/aromatic N) is 7. The molecular formula is C15H12N8. The van der Waals surface area contributed by atoms with Gasteiger partial charge in [-0.3, -0.25) is 4.98 Å². The average Bonchev–Trinajstić information content (AvgIpc) is 2.97. The molecule has 0 aliphatic carbocycles. The van der Waals surface area contributed by atoms with Crippen molar-refractivity contribution in [1.82, 2.24) is 29.9 Å². The van der Waals surface area contributed by atoms with Crippen molar-refractivity contribution < 1.29 is 0 Å². The van der Waals surface area contributed by atoms with Gasteiger partial charge >= 0.3 is 0 Å². The fourth-order valence-corrected chi connectivity index (χ4v) is 2.41. The summed E-state index contributed by atoms with van der Waals surface area (Å²) in [6.45, 7) is 0.541. The summed E-state index contributed by atoms with van der Waals surface area (Å²) in [5.74, 6) is 5.15. The SMILES string of the molecule is N/N=C/c1cnc2nnn(Cc3ccc4ncccc4c3)c2n1. The first-order valence-corrected chi connectivity index (χ1v) is 6.96. The number of benzene rings is 1. The second-order valence-electron chi connectivity index (χ2n) is 5.00. The smallest absolute Gasteiger partial charge is 0.221 e. The Morgan fingerprint density at radius 2 is 2.17 bits per heavy atom. The number of hydrazone groups is 1. The van der Waals surface area contributed by atoms with Crippen molar-refractivity contribution in [3.05, 3.63) is 54.0 Å². The van der Waals surface area contributed by atoms with Gasteiger partial charge in [-0.25, -0.2) is 14.6 Å². The van der Waals surface area contributed by atoms with Crippen molar-refractivity contribution in [3.63, 3.8) is 0 Å². The molecule has 3 aromatic heterocycles. The zero-order valence-electron chi connectivity index (χ0n) is 12.0. The van der Waals surface area contributed by atoms with E-state index >= 15 is 0 Å². The summed E-state index contributed by atoms with van der Waals surface area (Å²) in [6, 6.07) is 10.0. The first kappa shape index (κ1) is 13.3. The Kier molecular flexibility index (Phi) is 3.12. The lowest BCUT2D eigenvalue weighted by molar-refractivity contribution is 0.664. The lowest BCUT2D eigenvalue weighted by Crippen LogP contribution is -2.04. The van der Waals surface area contributed by atoms with Crippen LogP contribution in [0.3, 0.4) is 0 Å². The molecule has 0 aliphatic rings. The molecule has 0 unspecified atom stereocenters. The van der Waals surface area contributed by atoms with Crippen molar-refractivity contribution in [2.45, 2.75) is 6.54 Å². The summed E-state index contributed by atoms with van der Waals surface area (Å²) in [4.78, 5) is 12.9. The fourth-order valence-electron chi connectivity index (χ4n) is 2.41. The molecule has 0 spiro atoms. The van der Waals surface area contributed by atoms with Crippen molar-refractivity contribution in [2.75, 3.05) is 0 Å². The summed E-state index contributed by atoms with van der Waals surface area (Å²) in [5.41, 5.74) is 3.68. The Morgan fingerprint density at radius 3 is 3.09 bits per heavy atom. The molecule has 8 nitrogen and oxygen atoms in total. The van der Waals surface area contributed by atoms with Crippen molar-refractivity contribution in [1.29, 1.82) is 0 Å². The summed E-state index contributed by atoms with van der Waals surface area (Å²) in [5, 5.41) is 12.7. The van der Waals surface area contributed by atoms with Gasteiger partial charge in [0.15, 0.2) is 5.65 Å². The van der Waals surface area contributed by atoms with Crippen LogP contribution in [0.5, 0.6) is 0 Å². The lowest BCUT2D eigenvalue weighted by atomic mass is 10.1. The molecule has 4 aromatic rings. The molecule has 23 heavy (non-hydrogen) atoms. The second-order valence-corrected chi connectivity index (χ2v) is 5.00. The predicted octanol–water partition coefficient (Wildman–Crippen LogP) is 1.11. The molecule has 4 rings (SSSR count). The van der Waals surface area contributed by atoms with Crippen LogP contribution in [0, 0.1) is 0 Å². The molecule has 2 N–H and O–H groups in total. The van der Waals surface area contributed by atoms with Crippen LogP contribution in [0.25, 0.3) is 22.2 Å². The quantitative estimate of drug-likeness (QED) is 0.345. The molecule has 0 aliphatic heterocycles. The average molecular weight is 304 g/mol. The standard InChI is InChI=1S/C15H12N8/c16-19-8-12-7-18-14-15(20-12)23(22-21-14)9-10-3-4-13-11(6-10)2-1-5-17-13/h1-8H,9,16H2/b19-8+. The maximum absolute atomic E-state index is 5.15. The van der Waals surface area contributed by atoms with Gasteiger partial charge < -0.3 is 5.84 Å². The number of hydrogen-bond donors (Lipinski definition) is 1. The maximum atomic E-state index is 5.15. The second kappa shape index (κ2) is 5.41. The highest BCUT2D eigenvalue weighted by atomic mass is 15.4. The molecule has 8 heteroatoms. The van der Waals surface area contributed by atoms with Crippen LogP contribution in [0.4, 0.5) is 0 Å². The number of fused-ring (bicyclic) bond motifs is 2. The first-order chi connectivity index (χ1) is 11.3. The molecule has 112 valence electrons. The number of nitrogens with two attached hydrogens (primary N) is 1. The third kappa shape index (κ3) is 2.46. The Morgan fingerprint density at radius 1 is 1.22 bits per heavy atom. The zero-order valence-corrected chi connectivity index (χ0v) is 12.0. The van der Waals surface area contributed by atoms with Gasteiger partial charge in [-0.1, -0.05) is 17.3 Å². The predicted molar refractivity (Wildman–Crippen MR) is 85.7 cm³/mol. The van der Waals surface area contributed by atoms with E-state index in [0.29, 0.717) is 23.5 Å². The van der Waals surface area contributed by atoms with Crippen LogP contribution in [0.1, 0.15) is 11.3 Å². The minimum Gasteiger partial charge on any atom is -0.323 e. The van der Waals surface area contributed by atoms with Gasteiger partial charge in [-0.05, 0) is 23.8 Å². The van der Waals surface area contributed by atoms with E-state index in [9.17, 15) is 0 Å². The highest BCUT2D eigenvalue weighted by molar-refractivity contribution is 5.80. The van der Waals surface area contributed by atoms with E-state index in [0.717, 1.165) is 16.5 Å². The number of pyridine rings is 1. The Balaban J connectivity index is 1.74. The van der Waals surface area contributed by atoms with Gasteiger partial charge in [0, 0.05) is 11.6 Å². The number of hydrogen-bond acceptors (Lipinski definition) is 7. The van der Waals surface area contributed by atoms with Gasteiger partial charge in [0.1, 0.15) is 5.69 Å². The molecule has 0 saturated carbocycles. The van der Waals surface area contributed by atoms with Crippen LogP contribution >= 0.6 is 0 Å². The number of aromatic nitrogens is 6. The Hall–Kier alpha value is -3.42. The Labute approximate surface area is 130 Å². The summed E-state index contributed by atoms with van der Waals surface area (Å²) >= 11 is 0. The molecular weight excluding hydrogens is 292 g/mol. The summed E-state index contributed by atoms with van der Waals surface area (Å²) in [6.07, 6.45) is 4.77. The van der Waals surface area contributed by atoms with E-state index in [1.165, 1.54) is 6.21 Å². The van der Waals surface area contributed by atoms with E-state index in [1.54, 1.807) is 17.1 Å². The van der Waals surface area contributed by atoms with Gasteiger partial charge in [0.2, 0.25) is 5.65 Å². The third-order valence-corrected chi connectivity index (χ3v) is 3.45. The molecule has 0 bridgehead atoms. The van der Waals surface area contributed by atoms with E-state index in [-0.39, 0.29) is 0 Å². The van der Waals surface area contributed by atoms with Crippen molar-refractivity contribution in [2.24, 2.45) is 10.9 Å². The summed E-state index contributed by atoms with van der Waals surface area (Å²) < 4.78 is 1.70.